The van der Waals surface area contributed by atoms with Crippen molar-refractivity contribution in [3.8, 4) is 0 Å². The molecule has 12 heavy (non-hydrogen) atoms. The number of carbonyl (C=O) groups excluding carboxylic acids is 1. The monoisotopic (exact) mass is 190 g/mol. The fraction of sp³-hybridized carbons (Fsp3) is 0.875. The molecule has 0 unspecified atom stereocenters. The van der Waals surface area contributed by atoms with Crippen LogP contribution >= 0.6 is 12.4 Å². The fourth-order valence-corrected chi connectivity index (χ4v) is 1.82. The minimum atomic E-state index is 0. The number of amides is 1. The van der Waals surface area contributed by atoms with Crippen LogP contribution in [-0.4, -0.2) is 24.5 Å². The zero-order valence-electron chi connectivity index (χ0n) is 7.17. The topological polar surface area (TPSA) is 41.1 Å². The summed E-state index contributed by atoms with van der Waals surface area (Å²) in [6.45, 7) is 2.69. The maximum absolute atomic E-state index is 11.2. The molecule has 70 valence electrons. The number of likely N-dealkylation sites (N-methyl/N-ethyl adjacent to an activating group) is 1. The lowest BCUT2D eigenvalue weighted by atomic mass is 10.2. The molecule has 0 aromatic carbocycles. The molecule has 2 rings (SSSR count). The van der Waals surface area contributed by atoms with Crippen molar-refractivity contribution in [2.45, 2.75) is 31.8 Å². The summed E-state index contributed by atoms with van der Waals surface area (Å²) in [6, 6.07) is 0.779. The van der Waals surface area contributed by atoms with Crippen molar-refractivity contribution in [2.24, 2.45) is 5.92 Å². The predicted molar refractivity (Wildman–Crippen MR) is 49.4 cm³/mol. The maximum Gasteiger partial charge on any atom is 0.237 e. The molecule has 2 aliphatic rings. The lowest BCUT2D eigenvalue weighted by molar-refractivity contribution is -0.122. The third-order valence-corrected chi connectivity index (χ3v) is 2.54. The van der Waals surface area contributed by atoms with Crippen molar-refractivity contribution in [1.29, 1.82) is 0 Å². The number of rotatable bonds is 2. The van der Waals surface area contributed by atoms with E-state index < -0.39 is 0 Å². The molecule has 1 aliphatic heterocycles. The molecule has 2 N–H and O–H groups in total. The van der Waals surface area contributed by atoms with Crippen LogP contribution in [0.4, 0.5) is 0 Å². The summed E-state index contributed by atoms with van der Waals surface area (Å²) in [6.07, 6.45) is 2.34. The largest absolute Gasteiger partial charge is 0.355 e. The molecule has 1 aliphatic carbocycles. The van der Waals surface area contributed by atoms with Gasteiger partial charge >= 0.3 is 0 Å². The molecular formula is C8H15ClN2O. The van der Waals surface area contributed by atoms with Gasteiger partial charge in [-0.2, -0.15) is 0 Å². The average Bonchev–Trinajstić information content (AvgIpc) is 2.59. The minimum Gasteiger partial charge on any atom is -0.355 e. The van der Waals surface area contributed by atoms with Crippen molar-refractivity contribution < 1.29 is 4.79 Å². The maximum atomic E-state index is 11.2. The molecule has 3 atom stereocenters. The predicted octanol–water partition coefficient (Wildman–Crippen LogP) is 0.295. The summed E-state index contributed by atoms with van der Waals surface area (Å²) in [5.41, 5.74) is 0. The summed E-state index contributed by atoms with van der Waals surface area (Å²) in [4.78, 5) is 11.2. The van der Waals surface area contributed by atoms with Crippen molar-refractivity contribution in [3.63, 3.8) is 0 Å². The molecule has 0 bridgehead atoms. The number of carbonyl (C=O) groups is 1. The second-order valence-electron chi connectivity index (χ2n) is 3.45. The molecule has 0 radical (unpaired) electrons. The van der Waals surface area contributed by atoms with Gasteiger partial charge in [-0.15, -0.1) is 12.4 Å². The molecule has 1 amide bonds. The first kappa shape index (κ1) is 9.81. The molecule has 0 spiro atoms. The van der Waals surface area contributed by atoms with Gasteiger partial charge in [0.15, 0.2) is 0 Å². The normalized spacial score (nSPS) is 36.6. The van der Waals surface area contributed by atoms with E-state index in [-0.39, 0.29) is 24.4 Å². The molecule has 2 fully saturated rings. The summed E-state index contributed by atoms with van der Waals surface area (Å²) in [5, 5.41) is 6.13. The Morgan fingerprint density at radius 3 is 2.83 bits per heavy atom. The molecule has 1 saturated carbocycles. The van der Waals surface area contributed by atoms with Gasteiger partial charge < -0.3 is 10.6 Å². The van der Waals surface area contributed by atoms with E-state index in [1.807, 2.05) is 6.92 Å². The van der Waals surface area contributed by atoms with Crippen LogP contribution < -0.4 is 10.6 Å². The highest BCUT2D eigenvalue weighted by atomic mass is 35.5. The van der Waals surface area contributed by atoms with Gasteiger partial charge in [0.1, 0.15) is 0 Å². The van der Waals surface area contributed by atoms with Gasteiger partial charge in [0.25, 0.3) is 0 Å². The van der Waals surface area contributed by atoms with Gasteiger partial charge in [0.2, 0.25) is 5.91 Å². The van der Waals surface area contributed by atoms with E-state index in [1.165, 1.54) is 6.42 Å². The Morgan fingerprint density at radius 2 is 2.33 bits per heavy atom. The Bertz CT molecular complexity index is 176. The van der Waals surface area contributed by atoms with Crippen molar-refractivity contribution in [1.82, 2.24) is 10.6 Å². The highest BCUT2D eigenvalue weighted by Gasteiger charge is 2.47. The number of piperidine rings is 1. The number of fused-ring (bicyclic) bond motifs is 1. The summed E-state index contributed by atoms with van der Waals surface area (Å²) < 4.78 is 0. The van der Waals surface area contributed by atoms with Gasteiger partial charge in [0.05, 0.1) is 6.04 Å². The lowest BCUT2D eigenvalue weighted by Crippen LogP contribution is -2.42. The van der Waals surface area contributed by atoms with E-state index in [9.17, 15) is 4.79 Å². The van der Waals surface area contributed by atoms with Crippen LogP contribution in [0.25, 0.3) is 0 Å². The zero-order chi connectivity index (χ0) is 7.84. The van der Waals surface area contributed by atoms with E-state index in [0.717, 1.165) is 18.9 Å². The van der Waals surface area contributed by atoms with Crippen molar-refractivity contribution in [3.05, 3.63) is 0 Å². The molecule has 0 aromatic heterocycles. The van der Waals surface area contributed by atoms with Crippen molar-refractivity contribution >= 4 is 18.3 Å². The summed E-state index contributed by atoms with van der Waals surface area (Å²) >= 11 is 0. The Kier molecular flexibility index (Phi) is 2.96. The second-order valence-corrected chi connectivity index (χ2v) is 3.45. The number of hydrogen-bond donors (Lipinski definition) is 2. The summed E-state index contributed by atoms with van der Waals surface area (Å²) in [7, 11) is 0. The van der Waals surface area contributed by atoms with Gasteiger partial charge in [-0.05, 0) is 25.7 Å². The van der Waals surface area contributed by atoms with Crippen molar-refractivity contribution in [2.75, 3.05) is 6.54 Å². The average molecular weight is 191 g/mol. The SMILES string of the molecule is CCNC(=O)[C@@H]1C[C@H]2C[C@H]2N1.Cl. The first-order valence-electron chi connectivity index (χ1n) is 4.35. The minimum absolute atomic E-state index is 0. The van der Waals surface area contributed by atoms with Gasteiger partial charge in [-0.25, -0.2) is 0 Å². The van der Waals surface area contributed by atoms with E-state index >= 15 is 0 Å². The first-order valence-corrected chi connectivity index (χ1v) is 4.35. The van der Waals surface area contributed by atoms with Crippen LogP contribution in [0.15, 0.2) is 0 Å². The Morgan fingerprint density at radius 1 is 1.58 bits per heavy atom. The number of hydrogen-bond acceptors (Lipinski definition) is 2. The summed E-state index contributed by atoms with van der Waals surface area (Å²) in [5.74, 6) is 0.988. The van der Waals surface area contributed by atoms with E-state index in [1.54, 1.807) is 0 Å². The highest BCUT2D eigenvalue weighted by molar-refractivity contribution is 5.85. The zero-order valence-corrected chi connectivity index (χ0v) is 7.99. The highest BCUT2D eigenvalue weighted by Crippen LogP contribution is 2.40. The van der Waals surface area contributed by atoms with Crippen LogP contribution in [0, 0.1) is 5.92 Å². The first-order chi connectivity index (χ1) is 5.31. The van der Waals surface area contributed by atoms with Crippen LogP contribution in [-0.2, 0) is 4.79 Å². The smallest absolute Gasteiger partial charge is 0.237 e. The van der Waals surface area contributed by atoms with Crippen LogP contribution in [0.3, 0.4) is 0 Å². The van der Waals surface area contributed by atoms with Crippen LogP contribution in [0.1, 0.15) is 19.8 Å². The quantitative estimate of drug-likeness (QED) is 0.658. The van der Waals surface area contributed by atoms with Crippen LogP contribution in [0.2, 0.25) is 0 Å². The molecule has 1 heterocycles. The Balaban J connectivity index is 0.000000720. The molecular weight excluding hydrogens is 176 g/mol. The second kappa shape index (κ2) is 3.62. The fourth-order valence-electron chi connectivity index (χ4n) is 1.82. The Hall–Kier alpha value is -0.280. The van der Waals surface area contributed by atoms with Crippen LogP contribution in [0.5, 0.6) is 0 Å². The number of halogens is 1. The van der Waals surface area contributed by atoms with Gasteiger partial charge in [0, 0.05) is 12.6 Å². The van der Waals surface area contributed by atoms with Gasteiger partial charge in [-0.3, -0.25) is 4.79 Å². The molecule has 0 aromatic rings. The third kappa shape index (κ3) is 1.72. The third-order valence-electron chi connectivity index (χ3n) is 2.54. The molecule has 4 heteroatoms. The van der Waals surface area contributed by atoms with Gasteiger partial charge in [-0.1, -0.05) is 0 Å². The molecule has 1 saturated heterocycles. The number of nitrogens with one attached hydrogen (secondary N) is 2. The lowest BCUT2D eigenvalue weighted by Gasteiger charge is -2.11. The Labute approximate surface area is 78.7 Å². The van der Waals surface area contributed by atoms with E-state index in [0.29, 0.717) is 6.04 Å². The van der Waals surface area contributed by atoms with E-state index in [2.05, 4.69) is 10.6 Å². The molecule has 3 nitrogen and oxygen atoms in total. The standard InChI is InChI=1S/C8H14N2O.ClH/c1-2-9-8(11)7-4-5-3-6(5)10-7;/h5-7,10H,2-4H2,1H3,(H,9,11);1H/t5-,6-,7+;/m1./s1. The van der Waals surface area contributed by atoms with E-state index in [4.69, 9.17) is 0 Å².